The van der Waals surface area contributed by atoms with E-state index in [0.29, 0.717) is 6.42 Å². The zero-order valence-electron chi connectivity index (χ0n) is 12.1. The summed E-state index contributed by atoms with van der Waals surface area (Å²) in [5.41, 5.74) is 2.71. The molecular formula is C14H20N4O2S. The van der Waals surface area contributed by atoms with Gasteiger partial charge in [0.1, 0.15) is 0 Å². The first-order valence-corrected chi connectivity index (χ1v) is 8.24. The van der Waals surface area contributed by atoms with Gasteiger partial charge in [-0.15, -0.1) is 0 Å². The lowest BCUT2D eigenvalue weighted by atomic mass is 10.2. The Morgan fingerprint density at radius 2 is 2.00 bits per heavy atom. The summed E-state index contributed by atoms with van der Waals surface area (Å²) in [6.45, 7) is 3.99. The van der Waals surface area contributed by atoms with Gasteiger partial charge < -0.3 is 0 Å². The van der Waals surface area contributed by atoms with E-state index in [-0.39, 0.29) is 12.6 Å². The van der Waals surface area contributed by atoms with Gasteiger partial charge in [-0.1, -0.05) is 30.3 Å². The van der Waals surface area contributed by atoms with Crippen molar-refractivity contribution < 1.29 is 8.42 Å². The second-order valence-electron chi connectivity index (χ2n) is 5.08. The maximum absolute atomic E-state index is 12.0. The van der Waals surface area contributed by atoms with E-state index in [1.807, 2.05) is 50.2 Å². The van der Waals surface area contributed by atoms with Crippen molar-refractivity contribution in [3.05, 3.63) is 53.3 Å². The maximum atomic E-state index is 12.0. The zero-order valence-corrected chi connectivity index (χ0v) is 12.9. The molecule has 1 heterocycles. The van der Waals surface area contributed by atoms with Crippen LogP contribution in [0.4, 0.5) is 0 Å². The van der Waals surface area contributed by atoms with Crippen molar-refractivity contribution in [2.24, 2.45) is 0 Å². The summed E-state index contributed by atoms with van der Waals surface area (Å²) in [5.74, 6) is 0. The topological polar surface area (TPSA) is 86.9 Å². The first-order valence-electron chi connectivity index (χ1n) is 6.76. The largest absolute Gasteiger partial charge is 0.283 e. The number of aromatic amines is 1. The molecule has 0 fully saturated rings. The van der Waals surface area contributed by atoms with E-state index in [2.05, 4.69) is 19.6 Å². The van der Waals surface area contributed by atoms with Crippen LogP contribution in [0.1, 0.15) is 23.9 Å². The molecule has 0 aliphatic heterocycles. The molecule has 114 valence electrons. The number of aromatic nitrogens is 2. The van der Waals surface area contributed by atoms with E-state index < -0.39 is 10.2 Å². The third kappa shape index (κ3) is 5.30. The Hall–Kier alpha value is -1.70. The quantitative estimate of drug-likeness (QED) is 0.720. The highest BCUT2D eigenvalue weighted by molar-refractivity contribution is 7.87. The molecule has 6 nitrogen and oxygen atoms in total. The molecule has 0 radical (unpaired) electrons. The zero-order chi connectivity index (χ0) is 15.3. The SMILES string of the molecule is Cc1cc(C[C@@H](C)NS(=O)(=O)NCc2ccccc2)n[nH]1. The van der Waals surface area contributed by atoms with E-state index in [9.17, 15) is 8.42 Å². The van der Waals surface area contributed by atoms with Crippen molar-refractivity contribution in [1.82, 2.24) is 19.6 Å². The van der Waals surface area contributed by atoms with Crippen LogP contribution >= 0.6 is 0 Å². The van der Waals surface area contributed by atoms with Crippen molar-refractivity contribution in [1.29, 1.82) is 0 Å². The fourth-order valence-corrected chi connectivity index (χ4v) is 3.07. The second kappa shape index (κ2) is 6.84. The molecule has 2 aromatic rings. The molecule has 0 bridgehead atoms. The lowest BCUT2D eigenvalue weighted by molar-refractivity contribution is 0.544. The van der Waals surface area contributed by atoms with Gasteiger partial charge in [-0.2, -0.15) is 23.0 Å². The molecule has 2 rings (SSSR count). The van der Waals surface area contributed by atoms with E-state index >= 15 is 0 Å². The van der Waals surface area contributed by atoms with Gasteiger partial charge in [-0.25, -0.2) is 0 Å². The number of rotatable bonds is 7. The molecular weight excluding hydrogens is 288 g/mol. The Bertz CT molecular complexity index is 667. The molecule has 1 atom stereocenters. The molecule has 0 amide bonds. The van der Waals surface area contributed by atoms with E-state index in [1.54, 1.807) is 0 Å². The van der Waals surface area contributed by atoms with Crippen LogP contribution in [0.15, 0.2) is 36.4 Å². The normalized spacial score (nSPS) is 13.2. The first-order chi connectivity index (χ1) is 9.94. The minimum absolute atomic E-state index is 0.235. The minimum atomic E-state index is -3.53. The Balaban J connectivity index is 1.85. The van der Waals surface area contributed by atoms with E-state index in [4.69, 9.17) is 0 Å². The van der Waals surface area contributed by atoms with Crippen molar-refractivity contribution >= 4 is 10.2 Å². The van der Waals surface area contributed by atoms with Crippen LogP contribution in [0.3, 0.4) is 0 Å². The van der Waals surface area contributed by atoms with Gasteiger partial charge in [0.2, 0.25) is 0 Å². The third-order valence-electron chi connectivity index (χ3n) is 2.94. The summed E-state index contributed by atoms with van der Waals surface area (Å²) >= 11 is 0. The minimum Gasteiger partial charge on any atom is -0.283 e. The van der Waals surface area contributed by atoms with Crippen LogP contribution in [0.2, 0.25) is 0 Å². The van der Waals surface area contributed by atoms with Crippen LogP contribution < -0.4 is 9.44 Å². The number of H-pyrrole nitrogens is 1. The molecule has 1 aromatic heterocycles. The van der Waals surface area contributed by atoms with Gasteiger partial charge in [0.15, 0.2) is 0 Å². The number of nitrogens with one attached hydrogen (secondary N) is 3. The van der Waals surface area contributed by atoms with Crippen LogP contribution in [0.5, 0.6) is 0 Å². The highest BCUT2D eigenvalue weighted by atomic mass is 32.2. The fraction of sp³-hybridized carbons (Fsp3) is 0.357. The second-order valence-corrected chi connectivity index (χ2v) is 6.61. The number of hydrogen-bond donors (Lipinski definition) is 3. The lowest BCUT2D eigenvalue weighted by Gasteiger charge is -2.13. The maximum Gasteiger partial charge on any atom is 0.277 e. The lowest BCUT2D eigenvalue weighted by Crippen LogP contribution is -2.42. The Morgan fingerprint density at radius 3 is 2.62 bits per heavy atom. The molecule has 0 aliphatic rings. The van der Waals surface area contributed by atoms with Gasteiger partial charge in [0, 0.05) is 24.7 Å². The summed E-state index contributed by atoms with van der Waals surface area (Å²) in [7, 11) is -3.53. The smallest absolute Gasteiger partial charge is 0.277 e. The first kappa shape index (κ1) is 15.7. The fourth-order valence-electron chi connectivity index (χ4n) is 2.02. The molecule has 7 heteroatoms. The summed E-state index contributed by atoms with van der Waals surface area (Å²) in [6, 6.07) is 11.1. The van der Waals surface area contributed by atoms with Crippen molar-refractivity contribution in [3.8, 4) is 0 Å². The summed E-state index contributed by atoms with van der Waals surface area (Å²) < 4.78 is 29.0. The standard InChI is InChI=1S/C14H20N4O2S/c1-11-8-14(17-16-11)9-12(2)18-21(19,20)15-10-13-6-4-3-5-7-13/h3-8,12,15,18H,9-10H2,1-2H3,(H,16,17)/t12-/m1/s1. The monoisotopic (exact) mass is 308 g/mol. The van der Waals surface area contributed by atoms with Crippen LogP contribution in [-0.4, -0.2) is 24.7 Å². The Labute approximate surface area is 125 Å². The third-order valence-corrected chi connectivity index (χ3v) is 4.18. The number of aryl methyl sites for hydroxylation is 1. The molecule has 3 N–H and O–H groups in total. The van der Waals surface area contributed by atoms with Crippen LogP contribution in [-0.2, 0) is 23.2 Å². The van der Waals surface area contributed by atoms with Crippen LogP contribution in [0.25, 0.3) is 0 Å². The number of hydrogen-bond acceptors (Lipinski definition) is 3. The summed E-state index contributed by atoms with van der Waals surface area (Å²) in [6.07, 6.45) is 0.538. The predicted octanol–water partition coefficient (Wildman–Crippen LogP) is 1.27. The highest BCUT2D eigenvalue weighted by Crippen LogP contribution is 2.03. The van der Waals surface area contributed by atoms with Gasteiger partial charge >= 0.3 is 0 Å². The van der Waals surface area contributed by atoms with Crippen molar-refractivity contribution in [2.75, 3.05) is 0 Å². The van der Waals surface area contributed by atoms with Gasteiger partial charge in [0.25, 0.3) is 10.2 Å². The van der Waals surface area contributed by atoms with E-state index in [0.717, 1.165) is 17.0 Å². The molecule has 0 spiro atoms. The molecule has 0 saturated carbocycles. The molecule has 0 saturated heterocycles. The predicted molar refractivity (Wildman–Crippen MR) is 81.8 cm³/mol. The van der Waals surface area contributed by atoms with Gasteiger partial charge in [0.05, 0.1) is 5.69 Å². The van der Waals surface area contributed by atoms with E-state index in [1.165, 1.54) is 0 Å². The molecule has 0 aliphatic carbocycles. The molecule has 1 aromatic carbocycles. The number of benzene rings is 1. The average Bonchev–Trinajstić information content (AvgIpc) is 2.82. The van der Waals surface area contributed by atoms with Crippen molar-refractivity contribution in [3.63, 3.8) is 0 Å². The van der Waals surface area contributed by atoms with Crippen molar-refractivity contribution in [2.45, 2.75) is 32.9 Å². The summed E-state index contributed by atoms with van der Waals surface area (Å²) in [5, 5.41) is 6.94. The Kier molecular flexibility index (Phi) is 5.11. The van der Waals surface area contributed by atoms with Gasteiger partial charge in [-0.05, 0) is 25.5 Å². The number of nitrogens with zero attached hydrogens (tertiary/aromatic N) is 1. The summed E-state index contributed by atoms with van der Waals surface area (Å²) in [4.78, 5) is 0. The van der Waals surface area contributed by atoms with Crippen LogP contribution in [0, 0.1) is 6.92 Å². The molecule has 21 heavy (non-hydrogen) atoms. The average molecular weight is 308 g/mol. The van der Waals surface area contributed by atoms with Gasteiger partial charge in [-0.3, -0.25) is 5.10 Å². The molecule has 0 unspecified atom stereocenters. The highest BCUT2D eigenvalue weighted by Gasteiger charge is 2.15. The Morgan fingerprint density at radius 1 is 1.29 bits per heavy atom.